The molecule has 0 bridgehead atoms. The van der Waals surface area contributed by atoms with Crippen molar-refractivity contribution < 1.29 is 0 Å². The molecule has 4 aromatic rings. The molecule has 160 valence electrons. The van der Waals surface area contributed by atoms with E-state index in [1.807, 2.05) is 18.2 Å². The minimum atomic E-state index is 0.197. The van der Waals surface area contributed by atoms with Crippen LogP contribution in [0.2, 0.25) is 10.0 Å². The quantitative estimate of drug-likeness (QED) is 0.440. The van der Waals surface area contributed by atoms with Crippen molar-refractivity contribution in [3.63, 3.8) is 0 Å². The second-order valence-electron chi connectivity index (χ2n) is 8.55. The van der Waals surface area contributed by atoms with Gasteiger partial charge >= 0.3 is 0 Å². The van der Waals surface area contributed by atoms with Crippen LogP contribution in [0.15, 0.2) is 30.5 Å². The van der Waals surface area contributed by atoms with E-state index in [1.54, 1.807) is 0 Å². The highest BCUT2D eigenvalue weighted by Gasteiger charge is 2.30. The third kappa shape index (κ3) is 3.59. The highest BCUT2D eigenvalue weighted by Crippen LogP contribution is 2.47. The maximum Gasteiger partial charge on any atom is 0.222 e. The van der Waals surface area contributed by atoms with E-state index < -0.39 is 0 Å². The van der Waals surface area contributed by atoms with Crippen LogP contribution >= 0.6 is 23.2 Å². The van der Waals surface area contributed by atoms with Crippen LogP contribution < -0.4 is 11.5 Å². The Labute approximate surface area is 190 Å². The largest absolute Gasteiger partial charge is 0.383 e. The van der Waals surface area contributed by atoms with Gasteiger partial charge in [0.05, 0.1) is 23.0 Å². The predicted molar refractivity (Wildman–Crippen MR) is 129 cm³/mol. The Bertz CT molecular complexity index is 1300. The molecular weight excluding hydrogens is 431 g/mol. The van der Waals surface area contributed by atoms with Gasteiger partial charge in [-0.25, -0.2) is 4.98 Å². The SMILES string of the molecule is CN(C)Cc1cn(Cc2c(Cl)cccc2Cl)c2c(C3CC3)cc3nc(N)nc(N)c3c12. The second kappa shape index (κ2) is 7.55. The summed E-state index contributed by atoms with van der Waals surface area (Å²) in [5.41, 5.74) is 17.6. The number of nitrogens with two attached hydrogens (primary N) is 2. The number of hydrogen-bond acceptors (Lipinski definition) is 5. The number of halogens is 2. The summed E-state index contributed by atoms with van der Waals surface area (Å²) in [6, 6.07) is 7.75. The number of rotatable bonds is 5. The van der Waals surface area contributed by atoms with Crippen LogP contribution in [0.25, 0.3) is 21.8 Å². The number of aromatic nitrogens is 3. The van der Waals surface area contributed by atoms with Crippen molar-refractivity contribution in [1.29, 1.82) is 0 Å². The van der Waals surface area contributed by atoms with E-state index in [4.69, 9.17) is 34.7 Å². The average molecular weight is 455 g/mol. The molecule has 0 saturated heterocycles. The van der Waals surface area contributed by atoms with Crippen LogP contribution in [0, 0.1) is 0 Å². The molecule has 2 aromatic heterocycles. The van der Waals surface area contributed by atoms with E-state index in [-0.39, 0.29) is 5.95 Å². The van der Waals surface area contributed by atoms with Crippen molar-refractivity contribution in [3.05, 3.63) is 57.2 Å². The molecule has 6 nitrogen and oxygen atoms in total. The van der Waals surface area contributed by atoms with Crippen molar-refractivity contribution in [2.75, 3.05) is 25.6 Å². The summed E-state index contributed by atoms with van der Waals surface area (Å²) in [6.07, 6.45) is 4.51. The summed E-state index contributed by atoms with van der Waals surface area (Å²) in [5.74, 6) is 1.11. The first-order valence-corrected chi connectivity index (χ1v) is 11.0. The Morgan fingerprint density at radius 2 is 1.81 bits per heavy atom. The Hall–Kier alpha value is -2.54. The summed E-state index contributed by atoms with van der Waals surface area (Å²) >= 11 is 13.0. The highest BCUT2D eigenvalue weighted by molar-refractivity contribution is 6.36. The molecule has 2 heterocycles. The molecule has 0 radical (unpaired) electrons. The van der Waals surface area contributed by atoms with Crippen molar-refractivity contribution in [2.45, 2.75) is 31.8 Å². The van der Waals surface area contributed by atoms with E-state index in [0.717, 1.165) is 52.3 Å². The zero-order chi connectivity index (χ0) is 21.9. The lowest BCUT2D eigenvalue weighted by Crippen LogP contribution is -2.10. The Kier molecular flexibility index (Phi) is 4.96. The van der Waals surface area contributed by atoms with E-state index >= 15 is 0 Å². The second-order valence-corrected chi connectivity index (χ2v) is 9.36. The molecule has 0 aliphatic heterocycles. The van der Waals surface area contributed by atoms with Crippen LogP contribution in [-0.4, -0.2) is 33.5 Å². The van der Waals surface area contributed by atoms with Gasteiger partial charge in [0.25, 0.3) is 0 Å². The number of nitrogens with zero attached hydrogens (tertiary/aromatic N) is 4. The Morgan fingerprint density at radius 1 is 1.10 bits per heavy atom. The minimum Gasteiger partial charge on any atom is -0.383 e. The predicted octanol–water partition coefficient (Wildman–Crippen LogP) is 5.04. The van der Waals surface area contributed by atoms with Crippen molar-refractivity contribution >= 4 is 56.8 Å². The molecule has 1 fully saturated rings. The van der Waals surface area contributed by atoms with Gasteiger partial charge < -0.3 is 20.9 Å². The zero-order valence-corrected chi connectivity index (χ0v) is 19.0. The number of fused-ring (bicyclic) bond motifs is 3. The molecule has 1 aliphatic carbocycles. The third-order valence-corrected chi connectivity index (χ3v) is 6.56. The number of benzene rings is 2. The van der Waals surface area contributed by atoms with E-state index in [2.05, 4.69) is 45.8 Å². The fraction of sp³-hybridized carbons (Fsp3) is 0.304. The lowest BCUT2D eigenvalue weighted by atomic mass is 10.00. The number of anilines is 2. The molecule has 1 saturated carbocycles. The number of hydrogen-bond donors (Lipinski definition) is 2. The third-order valence-electron chi connectivity index (χ3n) is 5.85. The summed E-state index contributed by atoms with van der Waals surface area (Å²) in [4.78, 5) is 10.9. The van der Waals surface area contributed by atoms with Gasteiger partial charge in [0.1, 0.15) is 5.82 Å². The molecule has 8 heteroatoms. The van der Waals surface area contributed by atoms with Gasteiger partial charge in [0.2, 0.25) is 5.95 Å². The topological polar surface area (TPSA) is 86.0 Å². The Balaban J connectivity index is 1.85. The smallest absolute Gasteiger partial charge is 0.222 e. The van der Waals surface area contributed by atoms with E-state index in [1.165, 1.54) is 5.56 Å². The molecule has 0 spiro atoms. The molecule has 2 aromatic carbocycles. The van der Waals surface area contributed by atoms with Crippen LogP contribution in [0.1, 0.15) is 35.4 Å². The van der Waals surface area contributed by atoms with Crippen LogP contribution in [0.5, 0.6) is 0 Å². The fourth-order valence-electron chi connectivity index (χ4n) is 4.44. The molecule has 0 amide bonds. The van der Waals surface area contributed by atoms with Crippen LogP contribution in [0.4, 0.5) is 11.8 Å². The molecule has 31 heavy (non-hydrogen) atoms. The molecule has 1 aliphatic rings. The molecule has 0 unspecified atom stereocenters. The standard InChI is InChI=1S/C23H24Cl2N6/c1-30(2)9-13-10-31(11-15-16(24)4-3-5-17(15)25)21-14(12-6-7-12)8-18-20(19(13)21)22(26)29-23(27)28-18/h3-5,8,10,12H,6-7,9,11H2,1-2H3,(H4,26,27,28,29). The summed E-state index contributed by atoms with van der Waals surface area (Å²) in [7, 11) is 4.11. The maximum absolute atomic E-state index is 6.51. The molecule has 4 N–H and O–H groups in total. The normalized spacial score (nSPS) is 14.2. The van der Waals surface area contributed by atoms with Gasteiger partial charge in [-0.1, -0.05) is 29.3 Å². The van der Waals surface area contributed by atoms with Crippen LogP contribution in [-0.2, 0) is 13.1 Å². The molecular formula is C23H24Cl2N6. The van der Waals surface area contributed by atoms with E-state index in [9.17, 15) is 0 Å². The Morgan fingerprint density at radius 3 is 2.45 bits per heavy atom. The van der Waals surface area contributed by atoms with Gasteiger partial charge in [-0.15, -0.1) is 0 Å². The lowest BCUT2D eigenvalue weighted by Gasteiger charge is -2.14. The van der Waals surface area contributed by atoms with Crippen molar-refractivity contribution in [1.82, 2.24) is 19.4 Å². The van der Waals surface area contributed by atoms with Gasteiger partial charge in [0, 0.05) is 33.7 Å². The van der Waals surface area contributed by atoms with Crippen LogP contribution in [0.3, 0.4) is 0 Å². The first kappa shape index (κ1) is 20.4. The molecule has 5 rings (SSSR count). The van der Waals surface area contributed by atoms with Gasteiger partial charge in [-0.3, -0.25) is 0 Å². The maximum atomic E-state index is 6.51. The summed E-state index contributed by atoms with van der Waals surface area (Å²) in [5, 5.41) is 3.27. The summed E-state index contributed by atoms with van der Waals surface area (Å²) in [6.45, 7) is 1.33. The molecule has 0 atom stereocenters. The van der Waals surface area contributed by atoms with Gasteiger partial charge in [0.15, 0.2) is 0 Å². The fourth-order valence-corrected chi connectivity index (χ4v) is 4.95. The van der Waals surface area contributed by atoms with E-state index in [0.29, 0.717) is 28.3 Å². The average Bonchev–Trinajstić information content (AvgIpc) is 3.47. The van der Waals surface area contributed by atoms with Crippen molar-refractivity contribution in [3.8, 4) is 0 Å². The zero-order valence-electron chi connectivity index (χ0n) is 17.5. The first-order valence-electron chi connectivity index (χ1n) is 10.3. The lowest BCUT2D eigenvalue weighted by molar-refractivity contribution is 0.403. The van der Waals surface area contributed by atoms with Gasteiger partial charge in [-0.05, 0) is 62.2 Å². The highest BCUT2D eigenvalue weighted by atomic mass is 35.5. The first-order chi connectivity index (χ1) is 14.8. The van der Waals surface area contributed by atoms with Crippen molar-refractivity contribution in [2.24, 2.45) is 0 Å². The minimum absolute atomic E-state index is 0.197. The summed E-state index contributed by atoms with van der Waals surface area (Å²) < 4.78 is 2.25. The van der Waals surface area contributed by atoms with Gasteiger partial charge in [-0.2, -0.15) is 4.98 Å². The monoisotopic (exact) mass is 454 g/mol. The number of nitrogen functional groups attached to an aromatic ring is 2.